The molecular weight excluding hydrogens is 386 g/mol. The van der Waals surface area contributed by atoms with Crippen LogP contribution in [0.3, 0.4) is 0 Å². The second-order valence-corrected chi connectivity index (χ2v) is 8.47. The molecule has 0 bridgehead atoms. The summed E-state index contributed by atoms with van der Waals surface area (Å²) in [5, 5.41) is 2.99. The number of unbranched alkanes of at least 4 members (excludes halogenated alkanes) is 1. The fraction of sp³-hybridized carbons (Fsp3) is 0.462. The van der Waals surface area contributed by atoms with Gasteiger partial charge in [-0.1, -0.05) is 52.0 Å². The maximum absolute atomic E-state index is 12.0. The average Bonchev–Trinajstić information content (AvgIpc) is 3.14. The Kier molecular flexibility index (Phi) is 8.10. The molecule has 3 rings (SSSR count). The van der Waals surface area contributed by atoms with E-state index in [0.717, 1.165) is 48.4 Å². The van der Waals surface area contributed by atoms with Crippen molar-refractivity contribution in [2.75, 3.05) is 6.61 Å². The van der Waals surface area contributed by atoms with Gasteiger partial charge in [0, 0.05) is 12.5 Å². The molecule has 0 fully saturated rings. The first kappa shape index (κ1) is 22.9. The number of fused-ring (bicyclic) bond motifs is 1. The number of ether oxygens (including phenoxy) is 1. The van der Waals surface area contributed by atoms with Crippen molar-refractivity contribution in [3.63, 3.8) is 0 Å². The maximum Gasteiger partial charge on any atom is 0.222 e. The van der Waals surface area contributed by atoms with Crippen molar-refractivity contribution in [1.82, 2.24) is 14.9 Å². The first-order chi connectivity index (χ1) is 15.0. The van der Waals surface area contributed by atoms with Crippen LogP contribution in [-0.2, 0) is 17.9 Å². The Labute approximate surface area is 185 Å². The number of benzene rings is 2. The molecule has 0 spiro atoms. The molecular formula is C26H35N3O2. The number of nitrogens with one attached hydrogen (secondary N) is 1. The number of carbonyl (C=O) groups is 1. The highest BCUT2D eigenvalue weighted by Crippen LogP contribution is 2.22. The molecule has 1 amide bonds. The number of aryl methyl sites for hydroxylation is 1. The van der Waals surface area contributed by atoms with E-state index in [1.54, 1.807) is 0 Å². The highest BCUT2D eigenvalue weighted by Gasteiger charge is 2.13. The number of rotatable bonds is 11. The molecule has 31 heavy (non-hydrogen) atoms. The molecule has 2 aromatic carbocycles. The molecule has 166 valence electrons. The Balaban J connectivity index is 1.54. The second-order valence-electron chi connectivity index (χ2n) is 8.47. The zero-order valence-corrected chi connectivity index (χ0v) is 19.2. The number of carbonyl (C=O) groups excluding carboxylic acids is 1. The fourth-order valence-electron chi connectivity index (χ4n) is 3.57. The number of imidazole rings is 1. The highest BCUT2D eigenvalue weighted by atomic mass is 16.5. The monoisotopic (exact) mass is 421 g/mol. The van der Waals surface area contributed by atoms with E-state index in [9.17, 15) is 4.79 Å². The number of aromatic nitrogens is 2. The lowest BCUT2D eigenvalue weighted by Crippen LogP contribution is -2.28. The molecule has 0 saturated carbocycles. The van der Waals surface area contributed by atoms with Crippen LogP contribution in [0.25, 0.3) is 11.0 Å². The van der Waals surface area contributed by atoms with Gasteiger partial charge in [-0.05, 0) is 55.0 Å². The van der Waals surface area contributed by atoms with Crippen molar-refractivity contribution >= 4 is 16.9 Å². The smallest absolute Gasteiger partial charge is 0.222 e. The largest absolute Gasteiger partial charge is 0.494 e. The van der Waals surface area contributed by atoms with Crippen LogP contribution in [0.15, 0.2) is 48.5 Å². The summed E-state index contributed by atoms with van der Waals surface area (Å²) in [6.07, 6.45) is 3.08. The normalized spacial score (nSPS) is 12.3. The molecule has 0 radical (unpaired) electrons. The van der Waals surface area contributed by atoms with Crippen molar-refractivity contribution in [2.45, 2.75) is 66.0 Å². The average molecular weight is 422 g/mol. The van der Waals surface area contributed by atoms with E-state index in [4.69, 9.17) is 9.72 Å². The summed E-state index contributed by atoms with van der Waals surface area (Å²) < 4.78 is 8.15. The standard InChI is InChI=1S/C26H35N3O2/c1-5-20(4)21-12-14-22(15-13-21)31-17-9-8-16-29-24-11-7-6-10-23(24)28-25(29)18-27-26(30)19(2)3/h6-7,10-15,19-20H,5,8-9,16-18H2,1-4H3,(H,27,30). The van der Waals surface area contributed by atoms with Gasteiger partial charge >= 0.3 is 0 Å². The van der Waals surface area contributed by atoms with Crippen LogP contribution in [0.1, 0.15) is 64.3 Å². The Morgan fingerprint density at radius 2 is 1.81 bits per heavy atom. The van der Waals surface area contributed by atoms with Gasteiger partial charge in [0.2, 0.25) is 5.91 Å². The third-order valence-corrected chi connectivity index (χ3v) is 5.79. The van der Waals surface area contributed by atoms with E-state index >= 15 is 0 Å². The molecule has 1 unspecified atom stereocenters. The molecule has 5 heteroatoms. The van der Waals surface area contributed by atoms with E-state index in [0.29, 0.717) is 19.1 Å². The summed E-state index contributed by atoms with van der Waals surface area (Å²) in [5.74, 6) is 2.42. The van der Waals surface area contributed by atoms with Crippen LogP contribution in [0.4, 0.5) is 0 Å². The van der Waals surface area contributed by atoms with Crippen LogP contribution < -0.4 is 10.1 Å². The molecule has 0 aliphatic heterocycles. The lowest BCUT2D eigenvalue weighted by Gasteiger charge is -2.12. The fourth-order valence-corrected chi connectivity index (χ4v) is 3.57. The second kappa shape index (κ2) is 11.0. The van der Waals surface area contributed by atoms with Gasteiger partial charge in [0.1, 0.15) is 11.6 Å². The van der Waals surface area contributed by atoms with Crippen molar-refractivity contribution in [3.05, 3.63) is 59.9 Å². The summed E-state index contributed by atoms with van der Waals surface area (Å²) >= 11 is 0. The van der Waals surface area contributed by atoms with E-state index in [-0.39, 0.29) is 11.8 Å². The number of nitrogens with zero attached hydrogens (tertiary/aromatic N) is 2. The summed E-state index contributed by atoms with van der Waals surface area (Å²) in [6, 6.07) is 16.6. The topological polar surface area (TPSA) is 56.1 Å². The Bertz CT molecular complexity index is 976. The number of amides is 1. The molecule has 1 atom stereocenters. The lowest BCUT2D eigenvalue weighted by molar-refractivity contribution is -0.124. The van der Waals surface area contributed by atoms with Crippen molar-refractivity contribution in [1.29, 1.82) is 0 Å². The van der Waals surface area contributed by atoms with Gasteiger partial charge in [0.05, 0.1) is 24.2 Å². The SMILES string of the molecule is CCC(C)c1ccc(OCCCCn2c(CNC(=O)C(C)C)nc3ccccc32)cc1. The van der Waals surface area contributed by atoms with Gasteiger partial charge in [-0.2, -0.15) is 0 Å². The van der Waals surface area contributed by atoms with Crippen LogP contribution in [0, 0.1) is 5.92 Å². The zero-order chi connectivity index (χ0) is 22.2. The Hall–Kier alpha value is -2.82. The van der Waals surface area contributed by atoms with Crippen LogP contribution in [0.5, 0.6) is 5.75 Å². The van der Waals surface area contributed by atoms with Gasteiger partial charge in [-0.3, -0.25) is 4.79 Å². The molecule has 0 aliphatic rings. The van der Waals surface area contributed by atoms with Gasteiger partial charge in [0.25, 0.3) is 0 Å². The summed E-state index contributed by atoms with van der Waals surface area (Å²) in [6.45, 7) is 10.2. The third-order valence-electron chi connectivity index (χ3n) is 5.79. The van der Waals surface area contributed by atoms with Gasteiger partial charge in [-0.15, -0.1) is 0 Å². The van der Waals surface area contributed by atoms with Gasteiger partial charge in [0.15, 0.2) is 0 Å². The molecule has 5 nitrogen and oxygen atoms in total. The van der Waals surface area contributed by atoms with E-state index in [1.807, 2.05) is 32.0 Å². The minimum Gasteiger partial charge on any atom is -0.494 e. The zero-order valence-electron chi connectivity index (χ0n) is 19.2. The molecule has 0 saturated heterocycles. The van der Waals surface area contributed by atoms with E-state index in [1.165, 1.54) is 5.56 Å². The minimum atomic E-state index is -0.0331. The number of hydrogen-bond acceptors (Lipinski definition) is 3. The number of para-hydroxylation sites is 2. The first-order valence-corrected chi connectivity index (χ1v) is 11.4. The molecule has 3 aromatic rings. The highest BCUT2D eigenvalue weighted by molar-refractivity contribution is 5.78. The quantitative estimate of drug-likeness (QED) is 0.405. The third kappa shape index (κ3) is 6.09. The van der Waals surface area contributed by atoms with Crippen molar-refractivity contribution in [2.24, 2.45) is 5.92 Å². The van der Waals surface area contributed by atoms with Crippen LogP contribution in [-0.4, -0.2) is 22.1 Å². The van der Waals surface area contributed by atoms with Crippen LogP contribution >= 0.6 is 0 Å². The number of hydrogen-bond donors (Lipinski definition) is 1. The predicted octanol–water partition coefficient (Wildman–Crippen LogP) is 5.68. The minimum absolute atomic E-state index is 0.0331. The lowest BCUT2D eigenvalue weighted by atomic mass is 9.99. The van der Waals surface area contributed by atoms with Crippen LogP contribution in [0.2, 0.25) is 0 Å². The summed E-state index contributed by atoms with van der Waals surface area (Å²) in [5.41, 5.74) is 3.44. The van der Waals surface area contributed by atoms with E-state index < -0.39 is 0 Å². The van der Waals surface area contributed by atoms with E-state index in [2.05, 4.69) is 54.1 Å². The summed E-state index contributed by atoms with van der Waals surface area (Å²) in [7, 11) is 0. The first-order valence-electron chi connectivity index (χ1n) is 11.4. The molecule has 1 N–H and O–H groups in total. The Morgan fingerprint density at radius 1 is 1.06 bits per heavy atom. The molecule has 1 aromatic heterocycles. The van der Waals surface area contributed by atoms with Gasteiger partial charge in [-0.25, -0.2) is 4.98 Å². The molecule has 0 aliphatic carbocycles. The summed E-state index contributed by atoms with van der Waals surface area (Å²) in [4.78, 5) is 16.7. The Morgan fingerprint density at radius 3 is 2.52 bits per heavy atom. The molecule has 1 heterocycles. The predicted molar refractivity (Wildman–Crippen MR) is 126 cm³/mol. The van der Waals surface area contributed by atoms with Crippen molar-refractivity contribution < 1.29 is 9.53 Å². The van der Waals surface area contributed by atoms with Crippen molar-refractivity contribution in [3.8, 4) is 5.75 Å². The maximum atomic E-state index is 12.0. The van der Waals surface area contributed by atoms with Gasteiger partial charge < -0.3 is 14.6 Å².